The molecule has 3 nitrogen and oxygen atoms in total. The van der Waals surface area contributed by atoms with E-state index in [0.29, 0.717) is 12.5 Å². The maximum Gasteiger partial charge on any atom is 0.151 e. The highest BCUT2D eigenvalue weighted by Crippen LogP contribution is 2.23. The summed E-state index contributed by atoms with van der Waals surface area (Å²) in [6.07, 6.45) is 1.03. The van der Waals surface area contributed by atoms with E-state index in [9.17, 15) is 8.42 Å². The molecule has 112 valence electrons. The summed E-state index contributed by atoms with van der Waals surface area (Å²) >= 11 is 0. The van der Waals surface area contributed by atoms with Crippen molar-refractivity contribution in [1.82, 2.24) is 4.90 Å². The smallest absolute Gasteiger partial charge is 0.151 e. The van der Waals surface area contributed by atoms with Gasteiger partial charge in [-0.3, -0.25) is 4.90 Å². The normalized spacial score (nSPS) is 16.4. The number of fused-ring (bicyclic) bond motifs is 1. The van der Waals surface area contributed by atoms with Crippen molar-refractivity contribution < 1.29 is 8.42 Å². The predicted molar refractivity (Wildman–Crippen MR) is 83.8 cm³/mol. The van der Waals surface area contributed by atoms with Crippen molar-refractivity contribution >= 4 is 9.84 Å². The number of sulfone groups is 1. The fourth-order valence-electron chi connectivity index (χ4n) is 2.59. The molecule has 1 aromatic rings. The second-order valence-electron chi connectivity index (χ2n) is 5.95. The van der Waals surface area contributed by atoms with Gasteiger partial charge in [-0.25, -0.2) is 8.42 Å². The Balaban J connectivity index is 2.01. The van der Waals surface area contributed by atoms with Crippen LogP contribution in [0.1, 0.15) is 43.4 Å². The minimum Gasteiger partial charge on any atom is -0.298 e. The van der Waals surface area contributed by atoms with Crippen LogP contribution in [0, 0.1) is 0 Å². The quantitative estimate of drug-likeness (QED) is 0.838. The first-order valence-corrected chi connectivity index (χ1v) is 9.28. The molecule has 1 aliphatic rings. The van der Waals surface area contributed by atoms with Crippen molar-refractivity contribution in [3.8, 4) is 0 Å². The van der Waals surface area contributed by atoms with E-state index >= 15 is 0 Å². The lowest BCUT2D eigenvalue weighted by atomic mass is 9.93. The van der Waals surface area contributed by atoms with Gasteiger partial charge in [-0.05, 0) is 29.0 Å². The van der Waals surface area contributed by atoms with E-state index in [2.05, 4.69) is 36.9 Å². The van der Waals surface area contributed by atoms with Gasteiger partial charge in [0.25, 0.3) is 0 Å². The van der Waals surface area contributed by atoms with E-state index < -0.39 is 9.84 Å². The summed E-state index contributed by atoms with van der Waals surface area (Å²) in [4.78, 5) is 2.25. The van der Waals surface area contributed by atoms with Gasteiger partial charge in [0.1, 0.15) is 0 Å². The van der Waals surface area contributed by atoms with Crippen molar-refractivity contribution in [2.24, 2.45) is 0 Å². The van der Waals surface area contributed by atoms with Gasteiger partial charge in [0.2, 0.25) is 0 Å². The molecule has 0 saturated heterocycles. The summed E-state index contributed by atoms with van der Waals surface area (Å²) in [5.41, 5.74) is 4.19. The van der Waals surface area contributed by atoms with Crippen LogP contribution in [0.15, 0.2) is 18.2 Å². The van der Waals surface area contributed by atoms with Crippen molar-refractivity contribution in [1.29, 1.82) is 0 Å². The summed E-state index contributed by atoms with van der Waals surface area (Å²) in [6, 6.07) is 6.74. The molecule has 0 amide bonds. The summed E-state index contributed by atoms with van der Waals surface area (Å²) in [5.74, 6) is 1.09. The fraction of sp³-hybridized carbons (Fsp3) is 0.625. The molecule has 4 heteroatoms. The zero-order valence-corrected chi connectivity index (χ0v) is 13.5. The van der Waals surface area contributed by atoms with Crippen molar-refractivity contribution in [2.45, 2.75) is 39.7 Å². The molecule has 20 heavy (non-hydrogen) atoms. The predicted octanol–water partition coefficient (Wildman–Crippen LogP) is 2.60. The van der Waals surface area contributed by atoms with Gasteiger partial charge in [-0.15, -0.1) is 0 Å². The lowest BCUT2D eigenvalue weighted by Gasteiger charge is -2.29. The Morgan fingerprint density at radius 2 is 2.00 bits per heavy atom. The summed E-state index contributed by atoms with van der Waals surface area (Å²) in [6.45, 7) is 8.65. The molecule has 0 unspecified atom stereocenters. The Hall–Kier alpha value is -0.870. The van der Waals surface area contributed by atoms with Crippen LogP contribution in [0.25, 0.3) is 0 Å². The average molecular weight is 295 g/mol. The number of hydrogen-bond donors (Lipinski definition) is 0. The fourth-order valence-corrected chi connectivity index (χ4v) is 3.42. The van der Waals surface area contributed by atoms with Gasteiger partial charge in [0.15, 0.2) is 9.84 Å². The standard InChI is InChI=1S/C16H25NO2S/c1-4-20(18,19)10-9-17-8-7-15-11-14(13(2)3)5-6-16(15)12-17/h5-6,11,13H,4,7-10,12H2,1-3H3. The molecule has 0 atom stereocenters. The van der Waals surface area contributed by atoms with Gasteiger partial charge in [0.05, 0.1) is 5.75 Å². The Labute approximate surface area is 122 Å². The zero-order valence-electron chi connectivity index (χ0n) is 12.7. The highest BCUT2D eigenvalue weighted by Gasteiger charge is 2.18. The van der Waals surface area contributed by atoms with Crippen LogP contribution in [0.2, 0.25) is 0 Å². The minimum atomic E-state index is -2.86. The van der Waals surface area contributed by atoms with Crippen LogP contribution in [-0.4, -0.2) is 37.9 Å². The highest BCUT2D eigenvalue weighted by molar-refractivity contribution is 7.91. The lowest BCUT2D eigenvalue weighted by molar-refractivity contribution is 0.269. The second kappa shape index (κ2) is 6.27. The number of rotatable bonds is 5. The molecule has 0 saturated carbocycles. The third kappa shape index (κ3) is 3.83. The van der Waals surface area contributed by atoms with E-state index in [0.717, 1.165) is 19.5 Å². The lowest BCUT2D eigenvalue weighted by Crippen LogP contribution is -2.34. The van der Waals surface area contributed by atoms with Gasteiger partial charge < -0.3 is 0 Å². The number of hydrogen-bond acceptors (Lipinski definition) is 3. The summed E-state index contributed by atoms with van der Waals surface area (Å²) in [5, 5.41) is 0. The van der Waals surface area contributed by atoms with E-state index in [4.69, 9.17) is 0 Å². The molecule has 0 aromatic heterocycles. The first-order valence-electron chi connectivity index (χ1n) is 7.45. The third-order valence-electron chi connectivity index (χ3n) is 4.15. The van der Waals surface area contributed by atoms with Crippen LogP contribution in [-0.2, 0) is 22.8 Å². The monoisotopic (exact) mass is 295 g/mol. The van der Waals surface area contributed by atoms with Crippen LogP contribution < -0.4 is 0 Å². The van der Waals surface area contributed by atoms with E-state index in [-0.39, 0.29) is 11.5 Å². The molecular formula is C16H25NO2S. The molecule has 0 bridgehead atoms. The molecule has 1 heterocycles. The maximum atomic E-state index is 11.6. The summed E-state index contributed by atoms with van der Waals surface area (Å²) < 4.78 is 23.2. The first kappa shape index (κ1) is 15.5. The topological polar surface area (TPSA) is 37.4 Å². The summed E-state index contributed by atoms with van der Waals surface area (Å²) in [7, 11) is -2.86. The van der Waals surface area contributed by atoms with E-state index in [1.165, 1.54) is 16.7 Å². The van der Waals surface area contributed by atoms with Gasteiger partial charge in [0, 0.05) is 25.4 Å². The highest BCUT2D eigenvalue weighted by atomic mass is 32.2. The van der Waals surface area contributed by atoms with Crippen LogP contribution in [0.4, 0.5) is 0 Å². The van der Waals surface area contributed by atoms with E-state index in [1.807, 2.05) is 0 Å². The second-order valence-corrected chi connectivity index (χ2v) is 8.42. The molecule has 0 fully saturated rings. The Morgan fingerprint density at radius 3 is 2.65 bits per heavy atom. The molecular weight excluding hydrogens is 270 g/mol. The van der Waals surface area contributed by atoms with Crippen molar-refractivity contribution in [3.05, 3.63) is 34.9 Å². The van der Waals surface area contributed by atoms with Crippen molar-refractivity contribution in [2.75, 3.05) is 24.6 Å². The van der Waals surface area contributed by atoms with Crippen LogP contribution in [0.3, 0.4) is 0 Å². The Morgan fingerprint density at radius 1 is 1.25 bits per heavy atom. The average Bonchev–Trinajstić information content (AvgIpc) is 2.44. The molecule has 0 spiro atoms. The molecule has 0 N–H and O–H groups in total. The SMILES string of the molecule is CCS(=O)(=O)CCN1CCc2cc(C(C)C)ccc2C1. The Kier molecular flexibility index (Phi) is 4.86. The molecule has 0 aliphatic carbocycles. The zero-order chi connectivity index (χ0) is 14.8. The van der Waals surface area contributed by atoms with Crippen LogP contribution >= 0.6 is 0 Å². The van der Waals surface area contributed by atoms with Gasteiger partial charge in [-0.2, -0.15) is 0 Å². The first-order chi connectivity index (χ1) is 9.41. The van der Waals surface area contributed by atoms with Gasteiger partial charge in [-0.1, -0.05) is 39.0 Å². The molecule has 0 radical (unpaired) electrons. The van der Waals surface area contributed by atoms with Crippen LogP contribution in [0.5, 0.6) is 0 Å². The van der Waals surface area contributed by atoms with Crippen molar-refractivity contribution in [3.63, 3.8) is 0 Å². The number of benzene rings is 1. The molecule has 2 rings (SSSR count). The number of nitrogens with zero attached hydrogens (tertiary/aromatic N) is 1. The molecule has 1 aliphatic heterocycles. The molecule has 1 aromatic carbocycles. The van der Waals surface area contributed by atoms with E-state index in [1.54, 1.807) is 6.92 Å². The Bertz CT molecular complexity index is 564. The third-order valence-corrected chi connectivity index (χ3v) is 5.83. The van der Waals surface area contributed by atoms with Gasteiger partial charge >= 0.3 is 0 Å². The minimum absolute atomic E-state index is 0.245. The maximum absolute atomic E-state index is 11.6. The largest absolute Gasteiger partial charge is 0.298 e.